The number of likely N-dealkylation sites (N-methyl/N-ethyl adjacent to an activating group) is 1. The van der Waals surface area contributed by atoms with Gasteiger partial charge in [-0.05, 0) is 63.2 Å². The van der Waals surface area contributed by atoms with Gasteiger partial charge in [0.2, 0.25) is 17.7 Å². The Bertz CT molecular complexity index is 1860. The van der Waals surface area contributed by atoms with E-state index in [1.54, 1.807) is 13.0 Å². The van der Waals surface area contributed by atoms with Crippen LogP contribution in [0, 0.1) is 17.8 Å². The Kier molecular flexibility index (Phi) is 18.4. The molecule has 60 heavy (non-hydrogen) atoms. The number of para-hydroxylation sites is 1. The molecule has 2 aromatic rings. The molecule has 0 bridgehead atoms. The van der Waals surface area contributed by atoms with Gasteiger partial charge in [-0.25, -0.2) is 4.79 Å². The fourth-order valence-corrected chi connectivity index (χ4v) is 7.76. The number of nitrogens with one attached hydrogen (secondary N) is 4. The molecular formula is C43H61F3N6O8. The monoisotopic (exact) mass is 846 g/mol. The number of aromatic nitrogens is 1. The van der Waals surface area contributed by atoms with Gasteiger partial charge < -0.3 is 30.8 Å². The zero-order chi connectivity index (χ0) is 44.9. The van der Waals surface area contributed by atoms with Crippen LogP contribution in [0.2, 0.25) is 0 Å². The van der Waals surface area contributed by atoms with Crippen molar-refractivity contribution in [2.24, 2.45) is 17.8 Å². The van der Waals surface area contributed by atoms with Gasteiger partial charge in [0.15, 0.2) is 0 Å². The Morgan fingerprint density at radius 1 is 0.950 bits per heavy atom. The van der Waals surface area contributed by atoms with Crippen molar-refractivity contribution in [3.05, 3.63) is 60.0 Å². The molecule has 0 saturated heterocycles. The lowest BCUT2D eigenvalue weighted by Gasteiger charge is -2.31. The van der Waals surface area contributed by atoms with Gasteiger partial charge in [0.25, 0.3) is 11.8 Å². The maximum atomic E-state index is 13.9. The largest absolute Gasteiger partial charge is 0.499 e. The summed E-state index contributed by atoms with van der Waals surface area (Å²) in [7, 11) is 5.17. The number of carboxylic acid groups (broad SMARTS) is 1. The fraction of sp³-hybridized carbons (Fsp3) is 0.581. The van der Waals surface area contributed by atoms with Crippen LogP contribution in [0.3, 0.4) is 0 Å². The molecule has 5 N–H and O–H groups in total. The highest BCUT2D eigenvalue weighted by Gasteiger charge is 2.39. The number of carbonyl (C=O) groups excluding carboxylic acids is 5. The van der Waals surface area contributed by atoms with Crippen molar-refractivity contribution < 1.29 is 51.8 Å². The molecule has 4 rings (SSSR count). The molecular weight excluding hydrogens is 786 g/mol. The predicted octanol–water partition coefficient (Wildman–Crippen LogP) is 5.24. The van der Waals surface area contributed by atoms with Gasteiger partial charge in [-0.15, -0.1) is 0 Å². The van der Waals surface area contributed by atoms with Gasteiger partial charge in [-0.2, -0.15) is 13.2 Å². The van der Waals surface area contributed by atoms with Crippen LogP contribution in [0.4, 0.5) is 13.2 Å². The molecule has 332 valence electrons. The number of hydrogen-bond acceptors (Lipinski definition) is 8. The highest BCUT2D eigenvalue weighted by Crippen LogP contribution is 2.29. The Morgan fingerprint density at radius 2 is 1.55 bits per heavy atom. The van der Waals surface area contributed by atoms with E-state index < -0.39 is 60.1 Å². The van der Waals surface area contributed by atoms with Gasteiger partial charge in [0.05, 0.1) is 13.2 Å². The van der Waals surface area contributed by atoms with Gasteiger partial charge in [-0.3, -0.25) is 33.8 Å². The van der Waals surface area contributed by atoms with E-state index in [-0.39, 0.29) is 29.6 Å². The standard InChI is InChI=1S/C41H60N6O6.C2HF3O2/c1-25(2)20-32(45-41(52)38(26(3)4)46(6)7)40(51)44-33(21-28-14-10-9-11-15-28)39(50)43-27(5)18-19-36(48)47-34(35(53-8)23-37(47)49)22-29-24-42-31-17-13-12-16-30(29)31;3-2(4,5)1(6)7/h12-13,16-19,23-28,32-34,38,42H,9-11,14-15,20-22H2,1-8H3,(H,43,50)(H,44,51)(H,45,52);(H,6,7)/b19-18+;/t27-,32-,33-,34-,38-;/m0./s1. The molecule has 0 radical (unpaired) electrons. The number of aliphatic carboxylic acids is 1. The molecule has 5 amide bonds. The topological polar surface area (TPSA) is 190 Å². The second-order valence-corrected chi connectivity index (χ2v) is 16.5. The van der Waals surface area contributed by atoms with E-state index in [1.165, 1.54) is 24.2 Å². The van der Waals surface area contributed by atoms with Crippen molar-refractivity contribution in [1.82, 2.24) is 30.7 Å². The summed E-state index contributed by atoms with van der Waals surface area (Å²) in [5, 5.41) is 17.1. The summed E-state index contributed by atoms with van der Waals surface area (Å²) in [5.41, 5.74) is 1.91. The summed E-state index contributed by atoms with van der Waals surface area (Å²) in [4.78, 5) is 82.8. The average Bonchev–Trinajstić information content (AvgIpc) is 3.72. The van der Waals surface area contributed by atoms with Gasteiger partial charge in [-0.1, -0.05) is 84.1 Å². The van der Waals surface area contributed by atoms with Crippen molar-refractivity contribution in [2.75, 3.05) is 21.2 Å². The smallest absolute Gasteiger partial charge is 0.490 e. The summed E-state index contributed by atoms with van der Waals surface area (Å²) in [6.07, 6.45) is 7.54. The number of hydrogen-bond donors (Lipinski definition) is 5. The third-order valence-corrected chi connectivity index (χ3v) is 10.6. The van der Waals surface area contributed by atoms with E-state index in [4.69, 9.17) is 14.6 Å². The van der Waals surface area contributed by atoms with E-state index in [2.05, 4.69) is 20.9 Å². The van der Waals surface area contributed by atoms with Crippen LogP contribution in [0.1, 0.15) is 85.1 Å². The number of nitrogens with zero attached hydrogens (tertiary/aromatic N) is 2. The number of amides is 5. The summed E-state index contributed by atoms with van der Waals surface area (Å²) in [6, 6.07) is 4.57. The predicted molar refractivity (Wildman–Crippen MR) is 220 cm³/mol. The molecule has 0 unspecified atom stereocenters. The Labute approximate surface area is 349 Å². The number of benzene rings is 1. The van der Waals surface area contributed by atoms with E-state index in [0.717, 1.165) is 48.6 Å². The lowest BCUT2D eigenvalue weighted by Crippen LogP contribution is -2.57. The molecule has 1 aliphatic heterocycles. The van der Waals surface area contributed by atoms with Crippen LogP contribution in [0.25, 0.3) is 10.9 Å². The Morgan fingerprint density at radius 3 is 2.12 bits per heavy atom. The minimum absolute atomic E-state index is 0.0336. The van der Waals surface area contributed by atoms with Crippen molar-refractivity contribution in [1.29, 1.82) is 0 Å². The number of imide groups is 1. The second kappa shape index (κ2) is 22.4. The minimum Gasteiger partial charge on any atom is -0.499 e. The van der Waals surface area contributed by atoms with Crippen molar-refractivity contribution >= 4 is 46.4 Å². The first-order valence-electron chi connectivity index (χ1n) is 20.4. The van der Waals surface area contributed by atoms with E-state index in [9.17, 15) is 37.1 Å². The SMILES string of the molecule is COC1=CC(=O)N(C(=O)/C=C/[C@H](C)NC(=O)[C@H](CC2CCCCC2)NC(=O)[C@H](CC(C)C)NC(=O)[C@H](C(C)C)N(C)C)[C@H]1Cc1c[nH]c2ccccc12.O=C(O)C(F)(F)F. The molecule has 0 spiro atoms. The fourth-order valence-electron chi connectivity index (χ4n) is 7.76. The number of fused-ring (bicyclic) bond motifs is 1. The van der Waals surface area contributed by atoms with Crippen molar-refractivity contribution in [3.8, 4) is 0 Å². The summed E-state index contributed by atoms with van der Waals surface area (Å²) in [6.45, 7) is 9.66. The molecule has 5 atom stereocenters. The normalized spacial score (nSPS) is 18.2. The molecule has 1 aromatic heterocycles. The number of methoxy groups -OCH3 is 1. The van der Waals surface area contributed by atoms with Crippen molar-refractivity contribution in [2.45, 2.75) is 122 Å². The Hall–Kier alpha value is -5.19. The highest BCUT2D eigenvalue weighted by molar-refractivity contribution is 6.08. The molecule has 1 saturated carbocycles. The zero-order valence-electron chi connectivity index (χ0n) is 35.7. The second-order valence-electron chi connectivity index (χ2n) is 16.5. The third kappa shape index (κ3) is 14.2. The lowest BCUT2D eigenvalue weighted by atomic mass is 9.84. The molecule has 17 heteroatoms. The maximum absolute atomic E-state index is 13.9. The number of ether oxygens (including phenoxy) is 1. The number of alkyl halides is 3. The van der Waals surface area contributed by atoms with Crippen LogP contribution in [-0.2, 0) is 39.9 Å². The van der Waals surface area contributed by atoms with Gasteiger partial charge in [0, 0.05) is 41.7 Å². The summed E-state index contributed by atoms with van der Waals surface area (Å²) in [5.74, 6) is -3.90. The van der Waals surface area contributed by atoms with Crippen LogP contribution in [0.5, 0.6) is 0 Å². The third-order valence-electron chi connectivity index (χ3n) is 10.6. The number of carbonyl (C=O) groups is 6. The first-order chi connectivity index (χ1) is 28.1. The molecule has 2 heterocycles. The molecule has 1 fully saturated rings. The van der Waals surface area contributed by atoms with E-state index in [1.807, 2.05) is 77.2 Å². The molecule has 14 nitrogen and oxygen atoms in total. The van der Waals surface area contributed by atoms with Crippen molar-refractivity contribution in [3.63, 3.8) is 0 Å². The molecule has 1 aliphatic carbocycles. The van der Waals surface area contributed by atoms with Crippen LogP contribution in [-0.4, -0.2) is 113 Å². The molecule has 2 aliphatic rings. The maximum Gasteiger partial charge on any atom is 0.490 e. The van der Waals surface area contributed by atoms with E-state index in [0.29, 0.717) is 25.0 Å². The Balaban J connectivity index is 0.00000126. The highest BCUT2D eigenvalue weighted by atomic mass is 19.4. The van der Waals surface area contributed by atoms with Crippen LogP contribution in [0.15, 0.2) is 54.4 Å². The number of H-pyrrole nitrogens is 1. The quantitative estimate of drug-likeness (QED) is 0.133. The summed E-state index contributed by atoms with van der Waals surface area (Å²) < 4.78 is 37.3. The van der Waals surface area contributed by atoms with Gasteiger partial charge >= 0.3 is 12.1 Å². The minimum atomic E-state index is -5.08. The first-order valence-corrected chi connectivity index (χ1v) is 20.4. The van der Waals surface area contributed by atoms with Gasteiger partial charge in [0.1, 0.15) is 23.9 Å². The number of carboxylic acids is 1. The number of halogens is 3. The summed E-state index contributed by atoms with van der Waals surface area (Å²) >= 11 is 0. The molecule has 1 aromatic carbocycles. The first kappa shape index (κ1) is 49.2. The average molecular weight is 847 g/mol. The number of rotatable bonds is 17. The van der Waals surface area contributed by atoms with Crippen LogP contribution >= 0.6 is 0 Å². The zero-order valence-corrected chi connectivity index (χ0v) is 35.7. The van der Waals surface area contributed by atoms with Crippen LogP contribution < -0.4 is 16.0 Å². The van der Waals surface area contributed by atoms with E-state index >= 15 is 0 Å². The lowest BCUT2D eigenvalue weighted by molar-refractivity contribution is -0.192. The number of aromatic amines is 1.